The fraction of sp³-hybridized carbons (Fsp3) is 0.300. The lowest BCUT2D eigenvalue weighted by Gasteiger charge is -2.27. The van der Waals surface area contributed by atoms with Crippen molar-refractivity contribution in [2.24, 2.45) is 5.41 Å². The number of hydrogen-bond donors (Lipinski definition) is 0. The molecule has 0 radical (unpaired) electrons. The number of benzene rings is 3. The quantitative estimate of drug-likeness (QED) is 0.249. The summed E-state index contributed by atoms with van der Waals surface area (Å²) < 4.78 is 8.37. The highest BCUT2D eigenvalue weighted by atomic mass is 16.5. The number of hydrogen-bond acceptors (Lipinski definition) is 4. The van der Waals surface area contributed by atoms with E-state index in [1.54, 1.807) is 30.7 Å². The number of ether oxygens (including phenoxy) is 1. The molecular formula is C30H32N4O3. The van der Waals surface area contributed by atoms with Gasteiger partial charge in [0.05, 0.1) is 29.0 Å². The van der Waals surface area contributed by atoms with Gasteiger partial charge in [-0.25, -0.2) is 4.98 Å². The van der Waals surface area contributed by atoms with E-state index in [4.69, 9.17) is 9.72 Å². The van der Waals surface area contributed by atoms with Crippen molar-refractivity contribution in [2.45, 2.75) is 33.7 Å². The minimum absolute atomic E-state index is 0.193. The second-order valence-corrected chi connectivity index (χ2v) is 9.83. The number of para-hydroxylation sites is 2. The van der Waals surface area contributed by atoms with Crippen LogP contribution in [0.4, 0.5) is 11.4 Å². The lowest BCUT2D eigenvalue weighted by atomic mass is 9.90. The van der Waals surface area contributed by atoms with Gasteiger partial charge in [-0.05, 0) is 51.5 Å². The molecule has 1 aromatic heterocycles. The molecule has 190 valence electrons. The first kappa shape index (κ1) is 24.6. The summed E-state index contributed by atoms with van der Waals surface area (Å²) >= 11 is 0. The van der Waals surface area contributed by atoms with Crippen LogP contribution in [0.15, 0.2) is 72.8 Å². The summed E-state index contributed by atoms with van der Waals surface area (Å²) in [6.07, 6.45) is 0.776. The number of imidazole rings is 1. The van der Waals surface area contributed by atoms with Gasteiger partial charge in [-0.2, -0.15) is 0 Å². The minimum Gasteiger partial charge on any atom is -0.493 e. The molecule has 4 aromatic rings. The Bertz CT molecular complexity index is 1460. The van der Waals surface area contributed by atoms with Crippen molar-refractivity contribution >= 4 is 34.2 Å². The predicted octanol–water partition coefficient (Wildman–Crippen LogP) is 5.53. The van der Waals surface area contributed by atoms with Crippen molar-refractivity contribution in [3.05, 3.63) is 72.8 Å². The molecule has 1 aliphatic rings. The van der Waals surface area contributed by atoms with Crippen molar-refractivity contribution in [3.8, 4) is 17.1 Å². The Morgan fingerprint density at radius 2 is 1.62 bits per heavy atom. The van der Waals surface area contributed by atoms with Crippen LogP contribution < -0.4 is 14.5 Å². The molecule has 0 saturated heterocycles. The number of carbonyl (C=O) groups is 2. The molecule has 0 fully saturated rings. The maximum atomic E-state index is 13.1. The Morgan fingerprint density at radius 1 is 0.892 bits per heavy atom. The number of aryl methyl sites for hydroxylation is 1. The second-order valence-electron chi connectivity index (χ2n) is 9.83. The molecule has 0 aliphatic carbocycles. The van der Waals surface area contributed by atoms with Gasteiger partial charge in [0, 0.05) is 31.8 Å². The summed E-state index contributed by atoms with van der Waals surface area (Å²) in [5, 5.41) is 0. The smallest absolute Gasteiger partial charge is 0.242 e. The summed E-state index contributed by atoms with van der Waals surface area (Å²) in [5.41, 5.74) is 3.41. The highest BCUT2D eigenvalue weighted by molar-refractivity contribution is 6.20. The van der Waals surface area contributed by atoms with Gasteiger partial charge in [0.15, 0.2) is 0 Å². The lowest BCUT2D eigenvalue weighted by molar-refractivity contribution is -0.137. The average molecular weight is 497 g/mol. The summed E-state index contributed by atoms with van der Waals surface area (Å²) in [6.45, 7) is 7.02. The van der Waals surface area contributed by atoms with Crippen LogP contribution in [0.2, 0.25) is 0 Å². The topological polar surface area (TPSA) is 67.7 Å². The van der Waals surface area contributed by atoms with Gasteiger partial charge in [-0.1, -0.05) is 42.5 Å². The highest BCUT2D eigenvalue weighted by Gasteiger charge is 2.45. The average Bonchev–Trinajstić information content (AvgIpc) is 3.28. The Kier molecular flexibility index (Phi) is 6.46. The minimum atomic E-state index is -1.13. The molecule has 2 amide bonds. The first-order chi connectivity index (χ1) is 17.8. The van der Waals surface area contributed by atoms with Crippen LogP contribution in [0.5, 0.6) is 5.75 Å². The third-order valence-electron chi connectivity index (χ3n) is 7.02. The largest absolute Gasteiger partial charge is 0.493 e. The first-order valence-corrected chi connectivity index (χ1v) is 12.7. The number of rotatable bonds is 7. The highest BCUT2D eigenvalue weighted by Crippen LogP contribution is 2.40. The fourth-order valence-electron chi connectivity index (χ4n) is 4.99. The van der Waals surface area contributed by atoms with E-state index in [-0.39, 0.29) is 11.8 Å². The molecule has 0 atom stereocenters. The molecule has 0 bridgehead atoms. The number of nitrogens with zero attached hydrogens (tertiary/aromatic N) is 4. The number of fused-ring (bicyclic) bond motifs is 2. The SMILES string of the molecule is CCN1C(=O)C(C)(C)C(=O)N(C)c2cc(OCCCn3c(-c4ccccc4)nc4ccccc43)ccc21. The Balaban J connectivity index is 1.34. The lowest BCUT2D eigenvalue weighted by Crippen LogP contribution is -2.47. The van der Waals surface area contributed by atoms with Crippen LogP contribution in [0.1, 0.15) is 27.2 Å². The fourth-order valence-corrected chi connectivity index (χ4v) is 4.99. The van der Waals surface area contributed by atoms with Gasteiger partial charge in [0.1, 0.15) is 17.0 Å². The van der Waals surface area contributed by atoms with Crippen LogP contribution in [0.25, 0.3) is 22.4 Å². The molecule has 3 aromatic carbocycles. The number of amides is 2. The van der Waals surface area contributed by atoms with E-state index >= 15 is 0 Å². The second kappa shape index (κ2) is 9.73. The Labute approximate surface area is 217 Å². The maximum Gasteiger partial charge on any atom is 0.242 e. The molecule has 0 spiro atoms. The van der Waals surface area contributed by atoms with E-state index < -0.39 is 5.41 Å². The monoisotopic (exact) mass is 496 g/mol. The number of aromatic nitrogens is 2. The van der Waals surface area contributed by atoms with Crippen molar-refractivity contribution in [3.63, 3.8) is 0 Å². The van der Waals surface area contributed by atoms with Crippen molar-refractivity contribution in [2.75, 3.05) is 30.0 Å². The zero-order chi connectivity index (χ0) is 26.2. The molecule has 5 rings (SSSR count). The summed E-state index contributed by atoms with van der Waals surface area (Å²) in [4.78, 5) is 34.3. The standard InChI is InChI=1S/C30H32N4O3/c1-5-33-25-17-16-22(20-26(25)32(4)28(35)30(2,3)29(33)36)37-19-11-18-34-24-15-10-9-14-23(24)31-27(34)21-12-7-6-8-13-21/h6-10,12-17,20H,5,11,18-19H2,1-4H3. The molecule has 0 saturated carbocycles. The van der Waals surface area contributed by atoms with Crippen molar-refractivity contribution in [1.82, 2.24) is 9.55 Å². The van der Waals surface area contributed by atoms with E-state index in [1.165, 1.54) is 0 Å². The molecule has 0 unspecified atom stereocenters. The Morgan fingerprint density at radius 3 is 2.38 bits per heavy atom. The molecule has 7 heteroatoms. The zero-order valence-corrected chi connectivity index (χ0v) is 21.8. The zero-order valence-electron chi connectivity index (χ0n) is 21.8. The molecule has 2 heterocycles. The van der Waals surface area contributed by atoms with Gasteiger partial charge >= 0.3 is 0 Å². The molecule has 7 nitrogen and oxygen atoms in total. The van der Waals surface area contributed by atoms with Crippen LogP contribution >= 0.6 is 0 Å². The van der Waals surface area contributed by atoms with Gasteiger partial charge in [-0.3, -0.25) is 9.59 Å². The number of carbonyl (C=O) groups excluding carboxylic acids is 2. The van der Waals surface area contributed by atoms with Gasteiger partial charge < -0.3 is 19.1 Å². The summed E-state index contributed by atoms with van der Waals surface area (Å²) in [7, 11) is 1.72. The van der Waals surface area contributed by atoms with Crippen LogP contribution in [-0.4, -0.2) is 41.6 Å². The predicted molar refractivity (Wildman–Crippen MR) is 147 cm³/mol. The Hall–Kier alpha value is -4.13. The van der Waals surface area contributed by atoms with Gasteiger partial charge in [0.25, 0.3) is 0 Å². The van der Waals surface area contributed by atoms with E-state index in [2.05, 4.69) is 22.8 Å². The van der Waals surface area contributed by atoms with Crippen LogP contribution in [0, 0.1) is 5.41 Å². The van der Waals surface area contributed by atoms with E-state index in [0.717, 1.165) is 41.1 Å². The number of anilines is 2. The normalized spacial score (nSPS) is 15.1. The third kappa shape index (κ3) is 4.35. The van der Waals surface area contributed by atoms with E-state index in [0.29, 0.717) is 24.6 Å². The molecular weight excluding hydrogens is 464 g/mol. The molecule has 37 heavy (non-hydrogen) atoms. The van der Waals surface area contributed by atoms with Crippen molar-refractivity contribution < 1.29 is 14.3 Å². The van der Waals surface area contributed by atoms with E-state index in [9.17, 15) is 9.59 Å². The molecule has 1 aliphatic heterocycles. The van der Waals surface area contributed by atoms with E-state index in [1.807, 2.05) is 61.5 Å². The maximum absolute atomic E-state index is 13.1. The van der Waals surface area contributed by atoms with Crippen molar-refractivity contribution in [1.29, 1.82) is 0 Å². The molecule has 0 N–H and O–H groups in total. The third-order valence-corrected chi connectivity index (χ3v) is 7.02. The first-order valence-electron chi connectivity index (χ1n) is 12.7. The van der Waals surface area contributed by atoms with Crippen LogP contribution in [0.3, 0.4) is 0 Å². The van der Waals surface area contributed by atoms with Gasteiger partial charge in [0.2, 0.25) is 11.8 Å². The summed E-state index contributed by atoms with van der Waals surface area (Å²) in [6, 6.07) is 24.0. The van der Waals surface area contributed by atoms with Crippen LogP contribution in [-0.2, 0) is 16.1 Å². The summed E-state index contributed by atoms with van der Waals surface area (Å²) in [5.74, 6) is 1.19. The van der Waals surface area contributed by atoms with Gasteiger partial charge in [-0.15, -0.1) is 0 Å².